The van der Waals surface area contributed by atoms with Gasteiger partial charge in [0.1, 0.15) is 0 Å². The van der Waals surface area contributed by atoms with Gasteiger partial charge in [0.15, 0.2) is 0 Å². The number of thioether (sulfide) groups is 1. The summed E-state index contributed by atoms with van der Waals surface area (Å²) in [5.74, 6) is 1.32. The van der Waals surface area contributed by atoms with Gasteiger partial charge >= 0.3 is 0 Å². The number of rotatable bonds is 8. The van der Waals surface area contributed by atoms with E-state index in [0.717, 1.165) is 13.0 Å². The van der Waals surface area contributed by atoms with Crippen LogP contribution in [0.2, 0.25) is 0 Å². The van der Waals surface area contributed by atoms with Crippen LogP contribution in [0.25, 0.3) is 0 Å². The van der Waals surface area contributed by atoms with Crippen LogP contribution in [0.5, 0.6) is 0 Å². The number of unbranched alkanes of at least 4 members (excludes halogenated alkanes) is 2. The van der Waals surface area contributed by atoms with Crippen molar-refractivity contribution in [2.45, 2.75) is 25.3 Å². The summed E-state index contributed by atoms with van der Waals surface area (Å²) in [4.78, 5) is 11.9. The van der Waals surface area contributed by atoms with Gasteiger partial charge in [0.25, 0.3) is 0 Å². The molecule has 0 aromatic rings. The standard InChI is InChI=1S/C12H24N2O2S/c1-13-11-9-16-8-10(11)12(15)14-6-4-3-5-7-17-2/h10-11,13H,3-9H2,1-2H3,(H,14,15). The molecule has 2 atom stereocenters. The molecule has 1 amide bonds. The Morgan fingerprint density at radius 1 is 1.35 bits per heavy atom. The summed E-state index contributed by atoms with van der Waals surface area (Å²) in [6.07, 6.45) is 5.63. The lowest BCUT2D eigenvalue weighted by atomic mass is 10.0. The second-order valence-electron chi connectivity index (χ2n) is 4.38. The van der Waals surface area contributed by atoms with E-state index >= 15 is 0 Å². The molecular formula is C12H24N2O2S. The zero-order chi connectivity index (χ0) is 12.5. The fourth-order valence-corrected chi connectivity index (χ4v) is 2.48. The van der Waals surface area contributed by atoms with E-state index in [9.17, 15) is 4.79 Å². The first kappa shape index (κ1) is 14.8. The summed E-state index contributed by atoms with van der Waals surface area (Å²) in [6.45, 7) is 1.98. The third-order valence-electron chi connectivity index (χ3n) is 3.11. The van der Waals surface area contributed by atoms with E-state index in [-0.39, 0.29) is 17.9 Å². The van der Waals surface area contributed by atoms with Gasteiger partial charge in [0.2, 0.25) is 5.91 Å². The van der Waals surface area contributed by atoms with Crippen LogP contribution in [-0.4, -0.2) is 50.8 Å². The lowest BCUT2D eigenvalue weighted by molar-refractivity contribution is -0.125. The van der Waals surface area contributed by atoms with Crippen LogP contribution in [0, 0.1) is 5.92 Å². The molecule has 17 heavy (non-hydrogen) atoms. The van der Waals surface area contributed by atoms with Crippen LogP contribution in [0.4, 0.5) is 0 Å². The predicted molar refractivity (Wildman–Crippen MR) is 72.4 cm³/mol. The number of carbonyl (C=O) groups excluding carboxylic acids is 1. The molecule has 2 N–H and O–H groups in total. The highest BCUT2D eigenvalue weighted by Gasteiger charge is 2.32. The summed E-state index contributed by atoms with van der Waals surface area (Å²) in [6, 6.07) is 0.173. The molecule has 0 saturated carbocycles. The zero-order valence-electron chi connectivity index (χ0n) is 10.8. The first-order valence-corrected chi connectivity index (χ1v) is 7.70. The van der Waals surface area contributed by atoms with Crippen molar-refractivity contribution in [2.24, 2.45) is 5.92 Å². The van der Waals surface area contributed by atoms with Crippen LogP contribution in [0.1, 0.15) is 19.3 Å². The molecule has 4 nitrogen and oxygen atoms in total. The van der Waals surface area contributed by atoms with Crippen molar-refractivity contribution in [1.29, 1.82) is 0 Å². The summed E-state index contributed by atoms with van der Waals surface area (Å²) in [5, 5.41) is 6.12. The van der Waals surface area contributed by atoms with Gasteiger partial charge < -0.3 is 15.4 Å². The molecule has 5 heteroatoms. The van der Waals surface area contributed by atoms with Gasteiger partial charge in [-0.3, -0.25) is 4.79 Å². The van der Waals surface area contributed by atoms with Crippen LogP contribution in [0.3, 0.4) is 0 Å². The van der Waals surface area contributed by atoms with Crippen molar-refractivity contribution in [3.8, 4) is 0 Å². The van der Waals surface area contributed by atoms with E-state index in [2.05, 4.69) is 16.9 Å². The molecule has 1 aliphatic heterocycles. The average Bonchev–Trinajstić information content (AvgIpc) is 2.81. The van der Waals surface area contributed by atoms with E-state index in [4.69, 9.17) is 4.74 Å². The van der Waals surface area contributed by atoms with Crippen molar-refractivity contribution >= 4 is 17.7 Å². The number of likely N-dealkylation sites (N-methyl/N-ethyl adjacent to an activating group) is 1. The number of carbonyl (C=O) groups is 1. The third kappa shape index (κ3) is 5.27. The minimum absolute atomic E-state index is 0.0220. The molecule has 0 bridgehead atoms. The summed E-state index contributed by atoms with van der Waals surface area (Å²) in [7, 11) is 1.88. The fourth-order valence-electron chi connectivity index (χ4n) is 1.99. The van der Waals surface area contributed by atoms with Crippen LogP contribution in [-0.2, 0) is 9.53 Å². The van der Waals surface area contributed by atoms with Gasteiger partial charge in [-0.25, -0.2) is 0 Å². The Morgan fingerprint density at radius 3 is 2.88 bits per heavy atom. The maximum atomic E-state index is 11.9. The van der Waals surface area contributed by atoms with Crippen molar-refractivity contribution in [2.75, 3.05) is 38.8 Å². The van der Waals surface area contributed by atoms with Gasteiger partial charge in [-0.2, -0.15) is 11.8 Å². The first-order chi connectivity index (χ1) is 8.29. The molecule has 1 saturated heterocycles. The van der Waals surface area contributed by atoms with Crippen molar-refractivity contribution in [3.05, 3.63) is 0 Å². The Bertz CT molecular complexity index is 227. The molecule has 0 aliphatic carbocycles. The molecule has 0 aromatic carbocycles. The van der Waals surface area contributed by atoms with E-state index in [1.165, 1.54) is 18.6 Å². The van der Waals surface area contributed by atoms with Gasteiger partial charge in [0, 0.05) is 12.6 Å². The zero-order valence-corrected chi connectivity index (χ0v) is 11.6. The van der Waals surface area contributed by atoms with Crippen LogP contribution < -0.4 is 10.6 Å². The monoisotopic (exact) mass is 260 g/mol. The molecular weight excluding hydrogens is 236 g/mol. The second kappa shape index (κ2) is 8.78. The topological polar surface area (TPSA) is 50.4 Å². The molecule has 1 aliphatic rings. The van der Waals surface area contributed by atoms with Gasteiger partial charge in [-0.1, -0.05) is 6.42 Å². The molecule has 0 radical (unpaired) electrons. The molecule has 2 unspecified atom stereocenters. The van der Waals surface area contributed by atoms with Crippen molar-refractivity contribution in [3.63, 3.8) is 0 Å². The maximum Gasteiger partial charge on any atom is 0.227 e. The molecule has 0 aromatic heterocycles. The SMILES string of the molecule is CNC1COCC1C(=O)NCCCCCSC. The Labute approximate surface area is 108 Å². The summed E-state index contributed by atoms with van der Waals surface area (Å²) in [5.41, 5.74) is 0. The van der Waals surface area contributed by atoms with E-state index in [1.54, 1.807) is 0 Å². The van der Waals surface area contributed by atoms with E-state index in [0.29, 0.717) is 13.2 Å². The highest BCUT2D eigenvalue weighted by atomic mass is 32.2. The van der Waals surface area contributed by atoms with Crippen molar-refractivity contribution < 1.29 is 9.53 Å². The Balaban J connectivity index is 2.08. The van der Waals surface area contributed by atoms with E-state index in [1.807, 2.05) is 18.8 Å². The second-order valence-corrected chi connectivity index (χ2v) is 5.37. The van der Waals surface area contributed by atoms with Crippen molar-refractivity contribution in [1.82, 2.24) is 10.6 Å². The third-order valence-corrected chi connectivity index (χ3v) is 3.81. The smallest absolute Gasteiger partial charge is 0.227 e. The highest BCUT2D eigenvalue weighted by molar-refractivity contribution is 7.98. The molecule has 100 valence electrons. The normalized spacial score (nSPS) is 23.9. The first-order valence-electron chi connectivity index (χ1n) is 6.31. The average molecular weight is 260 g/mol. The highest BCUT2D eigenvalue weighted by Crippen LogP contribution is 2.13. The van der Waals surface area contributed by atoms with Gasteiger partial charge in [0.05, 0.1) is 19.1 Å². The molecule has 0 spiro atoms. The number of nitrogens with one attached hydrogen (secondary N) is 2. The number of ether oxygens (including phenoxy) is 1. The lowest BCUT2D eigenvalue weighted by Gasteiger charge is -2.16. The van der Waals surface area contributed by atoms with Gasteiger partial charge in [-0.05, 0) is 31.9 Å². The minimum Gasteiger partial charge on any atom is -0.379 e. The quantitative estimate of drug-likeness (QED) is 0.636. The largest absolute Gasteiger partial charge is 0.379 e. The molecule has 1 fully saturated rings. The number of hydrogen-bond acceptors (Lipinski definition) is 4. The number of hydrogen-bond donors (Lipinski definition) is 2. The predicted octanol–water partition coefficient (Wildman–Crippen LogP) is 0.870. The number of amides is 1. The van der Waals surface area contributed by atoms with E-state index < -0.39 is 0 Å². The Hall–Kier alpha value is -0.260. The maximum absolute atomic E-state index is 11.9. The van der Waals surface area contributed by atoms with Gasteiger partial charge in [-0.15, -0.1) is 0 Å². The van der Waals surface area contributed by atoms with Crippen LogP contribution >= 0.6 is 11.8 Å². The van der Waals surface area contributed by atoms with Crippen LogP contribution in [0.15, 0.2) is 0 Å². The summed E-state index contributed by atoms with van der Waals surface area (Å²) >= 11 is 1.88. The molecule has 1 rings (SSSR count). The minimum atomic E-state index is -0.0220. The lowest BCUT2D eigenvalue weighted by Crippen LogP contribution is -2.42. The fraction of sp³-hybridized carbons (Fsp3) is 0.917. The molecule has 1 heterocycles. The Kier molecular flexibility index (Phi) is 7.64. The summed E-state index contributed by atoms with van der Waals surface area (Å²) < 4.78 is 5.32. The Morgan fingerprint density at radius 2 is 2.18 bits per heavy atom.